The quantitative estimate of drug-likeness (QED) is 0.492. The van der Waals surface area contributed by atoms with Gasteiger partial charge in [0, 0.05) is 33.9 Å². The largest absolute Gasteiger partial charge is 0.350 e. The third kappa shape index (κ3) is 2.30. The molecule has 0 unspecified atom stereocenters. The van der Waals surface area contributed by atoms with E-state index in [-0.39, 0.29) is 0 Å². The van der Waals surface area contributed by atoms with Crippen LogP contribution in [0.3, 0.4) is 0 Å². The van der Waals surface area contributed by atoms with Crippen molar-refractivity contribution < 1.29 is 4.52 Å². The predicted octanol–water partition coefficient (Wildman–Crippen LogP) is 4.73. The molecule has 0 saturated carbocycles. The van der Waals surface area contributed by atoms with Gasteiger partial charge in [-0.15, -0.1) is 0 Å². The number of rotatable bonds is 2. The van der Waals surface area contributed by atoms with Crippen molar-refractivity contribution in [2.75, 3.05) is 0 Å². The highest BCUT2D eigenvalue weighted by Gasteiger charge is 2.15. The maximum absolute atomic E-state index is 6.14. The molecule has 7 heteroatoms. The van der Waals surface area contributed by atoms with Crippen LogP contribution in [0.25, 0.3) is 44.8 Å². The van der Waals surface area contributed by atoms with Crippen LogP contribution in [0.15, 0.2) is 47.1 Å². The molecule has 0 radical (unpaired) electrons. The summed E-state index contributed by atoms with van der Waals surface area (Å²) in [5, 5.41) is 11.2. The molecule has 0 amide bonds. The van der Waals surface area contributed by atoms with Crippen molar-refractivity contribution in [3.8, 4) is 23.0 Å². The van der Waals surface area contributed by atoms with E-state index in [0.717, 1.165) is 38.6 Å². The number of aromatic amines is 1. The van der Waals surface area contributed by atoms with Crippen LogP contribution in [-0.2, 0) is 7.05 Å². The molecule has 0 bridgehead atoms. The van der Waals surface area contributed by atoms with E-state index in [2.05, 4.69) is 20.2 Å². The first kappa shape index (κ1) is 15.2. The van der Waals surface area contributed by atoms with Crippen LogP contribution in [0.2, 0.25) is 5.02 Å². The van der Waals surface area contributed by atoms with Crippen molar-refractivity contribution >= 4 is 33.4 Å². The Morgan fingerprint density at radius 1 is 1.12 bits per heavy atom. The van der Waals surface area contributed by atoms with Crippen molar-refractivity contribution in [3.63, 3.8) is 0 Å². The minimum Gasteiger partial charge on any atom is -0.350 e. The monoisotopic (exact) mass is 363 g/mol. The van der Waals surface area contributed by atoms with Gasteiger partial charge in [0.25, 0.3) is 5.89 Å². The van der Waals surface area contributed by atoms with E-state index < -0.39 is 0 Å². The fourth-order valence-electron chi connectivity index (χ4n) is 3.23. The normalized spacial score (nSPS) is 11.7. The second kappa shape index (κ2) is 5.44. The Hall–Kier alpha value is -3.12. The van der Waals surface area contributed by atoms with Crippen LogP contribution in [0.1, 0.15) is 5.56 Å². The Labute approximate surface area is 153 Å². The molecule has 0 aliphatic carbocycles. The SMILES string of the molecule is Cc1cc(Cl)cc2cc(-c3nc(-c4ccc5cnn(C)c5c4)no3)[nH]c12. The minimum atomic E-state index is 0.442. The molecule has 3 heterocycles. The summed E-state index contributed by atoms with van der Waals surface area (Å²) in [5.41, 5.74) is 4.75. The molecule has 128 valence electrons. The number of benzene rings is 2. The zero-order chi connectivity index (χ0) is 17.8. The molecule has 1 N–H and O–H groups in total. The number of aromatic nitrogens is 5. The molecule has 0 aliphatic heterocycles. The smallest absolute Gasteiger partial charge is 0.274 e. The highest BCUT2D eigenvalue weighted by atomic mass is 35.5. The lowest BCUT2D eigenvalue weighted by Crippen LogP contribution is -1.89. The van der Waals surface area contributed by atoms with Crippen molar-refractivity contribution in [2.24, 2.45) is 7.05 Å². The van der Waals surface area contributed by atoms with Gasteiger partial charge >= 0.3 is 0 Å². The minimum absolute atomic E-state index is 0.442. The maximum Gasteiger partial charge on any atom is 0.274 e. The Morgan fingerprint density at radius 2 is 2.00 bits per heavy atom. The van der Waals surface area contributed by atoms with Gasteiger partial charge in [0.2, 0.25) is 5.82 Å². The molecule has 0 spiro atoms. The fourth-order valence-corrected chi connectivity index (χ4v) is 3.51. The van der Waals surface area contributed by atoms with Crippen molar-refractivity contribution in [1.82, 2.24) is 24.9 Å². The van der Waals surface area contributed by atoms with E-state index in [1.165, 1.54) is 0 Å². The van der Waals surface area contributed by atoms with Crippen LogP contribution in [-0.4, -0.2) is 24.9 Å². The Kier molecular flexibility index (Phi) is 3.17. The molecule has 2 aromatic carbocycles. The molecule has 26 heavy (non-hydrogen) atoms. The predicted molar refractivity (Wildman–Crippen MR) is 101 cm³/mol. The summed E-state index contributed by atoms with van der Waals surface area (Å²) < 4.78 is 7.30. The first-order valence-electron chi connectivity index (χ1n) is 8.13. The second-order valence-corrected chi connectivity index (χ2v) is 6.77. The topological polar surface area (TPSA) is 72.5 Å². The molecule has 0 aliphatic rings. The molecule has 6 nitrogen and oxygen atoms in total. The van der Waals surface area contributed by atoms with Gasteiger partial charge in [0.1, 0.15) is 5.69 Å². The standard InChI is InChI=1S/C19H14ClN5O/c1-10-5-14(20)6-13-7-15(22-17(10)13)19-23-18(24-26-19)11-3-4-12-9-21-25(2)16(12)8-11/h3-9,22H,1-2H3. The lowest BCUT2D eigenvalue weighted by Gasteiger charge is -1.97. The fraction of sp³-hybridized carbons (Fsp3) is 0.105. The average Bonchev–Trinajstić information content (AvgIpc) is 3.33. The molecular weight excluding hydrogens is 350 g/mol. The number of fused-ring (bicyclic) bond motifs is 2. The van der Waals surface area contributed by atoms with Crippen LogP contribution in [0.5, 0.6) is 0 Å². The van der Waals surface area contributed by atoms with Crippen molar-refractivity contribution in [1.29, 1.82) is 0 Å². The molecular formula is C19H14ClN5O. The van der Waals surface area contributed by atoms with Gasteiger partial charge < -0.3 is 9.51 Å². The zero-order valence-corrected chi connectivity index (χ0v) is 14.9. The molecule has 0 saturated heterocycles. The number of hydrogen-bond acceptors (Lipinski definition) is 4. The first-order valence-corrected chi connectivity index (χ1v) is 8.51. The van der Waals surface area contributed by atoms with E-state index in [9.17, 15) is 0 Å². The number of halogens is 1. The maximum atomic E-state index is 6.14. The second-order valence-electron chi connectivity index (χ2n) is 6.33. The molecule has 5 rings (SSSR count). The summed E-state index contributed by atoms with van der Waals surface area (Å²) in [6.45, 7) is 2.01. The van der Waals surface area contributed by atoms with E-state index in [4.69, 9.17) is 16.1 Å². The summed E-state index contributed by atoms with van der Waals surface area (Å²) in [7, 11) is 1.91. The van der Waals surface area contributed by atoms with Gasteiger partial charge in [-0.3, -0.25) is 4.68 Å². The number of nitrogens with one attached hydrogen (secondary N) is 1. The van der Waals surface area contributed by atoms with Crippen molar-refractivity contribution in [3.05, 3.63) is 53.2 Å². The summed E-state index contributed by atoms with van der Waals surface area (Å²) in [4.78, 5) is 7.89. The van der Waals surface area contributed by atoms with E-state index in [1.807, 2.05) is 61.2 Å². The Balaban J connectivity index is 1.59. The highest BCUT2D eigenvalue weighted by Crippen LogP contribution is 2.29. The third-order valence-electron chi connectivity index (χ3n) is 4.55. The van der Waals surface area contributed by atoms with Crippen LogP contribution < -0.4 is 0 Å². The number of nitrogens with zero attached hydrogens (tertiary/aromatic N) is 4. The average molecular weight is 364 g/mol. The van der Waals surface area contributed by atoms with Gasteiger partial charge in [-0.05, 0) is 36.8 Å². The third-order valence-corrected chi connectivity index (χ3v) is 4.77. The summed E-state index contributed by atoms with van der Waals surface area (Å²) in [6.07, 6.45) is 1.83. The first-order chi connectivity index (χ1) is 12.6. The number of hydrogen-bond donors (Lipinski definition) is 1. The highest BCUT2D eigenvalue weighted by molar-refractivity contribution is 6.31. The van der Waals surface area contributed by atoms with Crippen LogP contribution in [0.4, 0.5) is 0 Å². The number of aryl methyl sites for hydroxylation is 2. The Morgan fingerprint density at radius 3 is 2.88 bits per heavy atom. The van der Waals surface area contributed by atoms with E-state index in [0.29, 0.717) is 16.7 Å². The molecule has 5 aromatic rings. The summed E-state index contributed by atoms with van der Waals surface area (Å²) >= 11 is 6.14. The lowest BCUT2D eigenvalue weighted by molar-refractivity contribution is 0.431. The van der Waals surface area contributed by atoms with Gasteiger partial charge in [-0.2, -0.15) is 10.1 Å². The van der Waals surface area contributed by atoms with Gasteiger partial charge in [-0.1, -0.05) is 28.9 Å². The van der Waals surface area contributed by atoms with Crippen LogP contribution >= 0.6 is 11.6 Å². The molecule has 0 fully saturated rings. The molecule has 0 atom stereocenters. The lowest BCUT2D eigenvalue weighted by atomic mass is 10.1. The number of H-pyrrole nitrogens is 1. The van der Waals surface area contributed by atoms with Crippen LogP contribution in [0, 0.1) is 6.92 Å². The molecule has 3 aromatic heterocycles. The zero-order valence-electron chi connectivity index (χ0n) is 14.1. The Bertz CT molecular complexity index is 1280. The van der Waals surface area contributed by atoms with Crippen molar-refractivity contribution in [2.45, 2.75) is 6.92 Å². The van der Waals surface area contributed by atoms with Gasteiger partial charge in [0.05, 0.1) is 11.7 Å². The van der Waals surface area contributed by atoms with Gasteiger partial charge in [-0.25, -0.2) is 0 Å². The summed E-state index contributed by atoms with van der Waals surface area (Å²) in [5.74, 6) is 0.980. The van der Waals surface area contributed by atoms with Gasteiger partial charge in [0.15, 0.2) is 0 Å². The summed E-state index contributed by atoms with van der Waals surface area (Å²) in [6, 6.07) is 11.8. The van der Waals surface area contributed by atoms with E-state index in [1.54, 1.807) is 0 Å². The van der Waals surface area contributed by atoms with E-state index >= 15 is 0 Å².